The standard InChI is InChI=1S/C15H18ClNO/c1-12-3-2-10-17(11-12)15(18)9-6-13-4-7-14(16)8-5-13/h4-9,12H,2-3,10-11H2,1H3/b9-6+. The van der Waals surface area contributed by atoms with Crippen molar-refractivity contribution in [3.63, 3.8) is 0 Å². The molecule has 1 fully saturated rings. The summed E-state index contributed by atoms with van der Waals surface area (Å²) < 4.78 is 0. The van der Waals surface area contributed by atoms with E-state index < -0.39 is 0 Å². The molecule has 1 saturated heterocycles. The molecule has 0 bridgehead atoms. The van der Waals surface area contributed by atoms with Crippen molar-refractivity contribution in [1.82, 2.24) is 4.90 Å². The molecular formula is C15H18ClNO. The van der Waals surface area contributed by atoms with E-state index in [1.807, 2.05) is 35.2 Å². The third kappa shape index (κ3) is 3.61. The van der Waals surface area contributed by atoms with Crippen LogP contribution in [0.25, 0.3) is 6.08 Å². The minimum absolute atomic E-state index is 0.108. The summed E-state index contributed by atoms with van der Waals surface area (Å²) in [6, 6.07) is 7.47. The smallest absolute Gasteiger partial charge is 0.246 e. The first-order valence-electron chi connectivity index (χ1n) is 6.38. The van der Waals surface area contributed by atoms with E-state index in [1.54, 1.807) is 6.08 Å². The van der Waals surface area contributed by atoms with E-state index in [9.17, 15) is 4.79 Å². The van der Waals surface area contributed by atoms with Crippen LogP contribution in [0, 0.1) is 5.92 Å². The minimum atomic E-state index is 0.108. The van der Waals surface area contributed by atoms with Gasteiger partial charge in [0.15, 0.2) is 0 Å². The Morgan fingerprint density at radius 2 is 2.11 bits per heavy atom. The second-order valence-corrected chi connectivity index (χ2v) is 5.35. The number of carbonyl (C=O) groups excluding carboxylic acids is 1. The molecule has 1 heterocycles. The SMILES string of the molecule is CC1CCCN(C(=O)/C=C/c2ccc(Cl)cc2)C1. The number of rotatable bonds is 2. The lowest BCUT2D eigenvalue weighted by molar-refractivity contribution is -0.127. The summed E-state index contributed by atoms with van der Waals surface area (Å²) in [4.78, 5) is 13.9. The maximum atomic E-state index is 12.0. The monoisotopic (exact) mass is 263 g/mol. The largest absolute Gasteiger partial charge is 0.339 e. The van der Waals surface area contributed by atoms with Crippen molar-refractivity contribution in [3.8, 4) is 0 Å². The van der Waals surface area contributed by atoms with Crippen LogP contribution in [0.1, 0.15) is 25.3 Å². The predicted molar refractivity (Wildman–Crippen MR) is 75.5 cm³/mol. The summed E-state index contributed by atoms with van der Waals surface area (Å²) in [5, 5.41) is 0.711. The molecule has 0 aliphatic carbocycles. The molecular weight excluding hydrogens is 246 g/mol. The van der Waals surface area contributed by atoms with Gasteiger partial charge in [-0.1, -0.05) is 30.7 Å². The van der Waals surface area contributed by atoms with Gasteiger partial charge in [0.25, 0.3) is 0 Å². The number of benzene rings is 1. The van der Waals surface area contributed by atoms with Crippen molar-refractivity contribution in [2.45, 2.75) is 19.8 Å². The van der Waals surface area contributed by atoms with Crippen LogP contribution in [0.15, 0.2) is 30.3 Å². The number of likely N-dealkylation sites (tertiary alicyclic amines) is 1. The first kappa shape index (κ1) is 13.2. The number of carbonyl (C=O) groups is 1. The zero-order valence-corrected chi connectivity index (χ0v) is 11.4. The van der Waals surface area contributed by atoms with Gasteiger partial charge in [0.1, 0.15) is 0 Å². The zero-order valence-electron chi connectivity index (χ0n) is 10.6. The Bertz CT molecular complexity index is 438. The molecule has 1 aliphatic rings. The molecule has 3 heteroatoms. The molecule has 0 spiro atoms. The van der Waals surface area contributed by atoms with Crippen molar-refractivity contribution in [1.29, 1.82) is 0 Å². The highest BCUT2D eigenvalue weighted by molar-refractivity contribution is 6.30. The van der Waals surface area contributed by atoms with Gasteiger partial charge in [-0.25, -0.2) is 0 Å². The summed E-state index contributed by atoms with van der Waals surface area (Å²) in [7, 11) is 0. The molecule has 0 aromatic heterocycles. The average Bonchev–Trinajstić information content (AvgIpc) is 2.38. The molecule has 1 unspecified atom stereocenters. The van der Waals surface area contributed by atoms with Crippen molar-refractivity contribution >= 4 is 23.6 Å². The molecule has 18 heavy (non-hydrogen) atoms. The molecule has 0 radical (unpaired) electrons. The fourth-order valence-corrected chi connectivity index (χ4v) is 2.36. The van der Waals surface area contributed by atoms with Crippen molar-refractivity contribution in [2.75, 3.05) is 13.1 Å². The summed E-state index contributed by atoms with van der Waals surface area (Å²) in [5.74, 6) is 0.725. The van der Waals surface area contributed by atoms with Crippen molar-refractivity contribution in [2.24, 2.45) is 5.92 Å². The Labute approximate surface area is 113 Å². The maximum absolute atomic E-state index is 12.0. The second kappa shape index (κ2) is 6.05. The number of hydrogen-bond donors (Lipinski definition) is 0. The van der Waals surface area contributed by atoms with Gasteiger partial charge in [0, 0.05) is 24.2 Å². The van der Waals surface area contributed by atoms with E-state index in [4.69, 9.17) is 11.6 Å². The topological polar surface area (TPSA) is 20.3 Å². The van der Waals surface area contributed by atoms with E-state index in [0.717, 1.165) is 25.1 Å². The Morgan fingerprint density at radius 3 is 2.78 bits per heavy atom. The van der Waals surface area contributed by atoms with Crippen LogP contribution in [0.2, 0.25) is 5.02 Å². The molecule has 2 rings (SSSR count). The van der Waals surface area contributed by atoms with Crippen LogP contribution < -0.4 is 0 Å². The number of nitrogens with zero attached hydrogens (tertiary/aromatic N) is 1. The molecule has 1 atom stereocenters. The van der Waals surface area contributed by atoms with Gasteiger partial charge in [-0.3, -0.25) is 4.79 Å². The Morgan fingerprint density at radius 1 is 1.39 bits per heavy atom. The fraction of sp³-hybridized carbons (Fsp3) is 0.400. The first-order chi connectivity index (χ1) is 8.65. The molecule has 2 nitrogen and oxygen atoms in total. The van der Waals surface area contributed by atoms with E-state index in [1.165, 1.54) is 6.42 Å². The molecule has 0 saturated carbocycles. The van der Waals surface area contributed by atoms with E-state index in [0.29, 0.717) is 10.9 Å². The van der Waals surface area contributed by atoms with Crippen LogP contribution >= 0.6 is 11.6 Å². The average molecular weight is 264 g/mol. The lowest BCUT2D eigenvalue weighted by atomic mass is 10.0. The van der Waals surface area contributed by atoms with Crippen LogP contribution in [-0.2, 0) is 4.79 Å². The van der Waals surface area contributed by atoms with Gasteiger partial charge in [-0.15, -0.1) is 0 Å². The lowest BCUT2D eigenvalue weighted by Gasteiger charge is -2.30. The van der Waals surface area contributed by atoms with E-state index in [2.05, 4.69) is 6.92 Å². The number of hydrogen-bond acceptors (Lipinski definition) is 1. The minimum Gasteiger partial charge on any atom is -0.339 e. The number of halogens is 1. The van der Waals surface area contributed by atoms with E-state index >= 15 is 0 Å². The molecule has 1 aliphatic heterocycles. The summed E-state index contributed by atoms with van der Waals surface area (Å²) in [5.41, 5.74) is 0.998. The summed E-state index contributed by atoms with van der Waals surface area (Å²) in [6.45, 7) is 3.96. The highest BCUT2D eigenvalue weighted by Gasteiger charge is 2.18. The van der Waals surface area contributed by atoms with Gasteiger partial charge in [0.05, 0.1) is 0 Å². The molecule has 1 amide bonds. The molecule has 1 aromatic carbocycles. The summed E-state index contributed by atoms with van der Waals surface area (Å²) in [6.07, 6.45) is 5.84. The van der Waals surface area contributed by atoms with Crippen LogP contribution in [0.3, 0.4) is 0 Å². The third-order valence-electron chi connectivity index (χ3n) is 3.26. The Balaban J connectivity index is 1.96. The van der Waals surface area contributed by atoms with Crippen molar-refractivity contribution < 1.29 is 4.79 Å². The van der Waals surface area contributed by atoms with Gasteiger partial charge in [0.2, 0.25) is 5.91 Å². The normalized spacial score (nSPS) is 20.3. The Hall–Kier alpha value is -1.28. The highest BCUT2D eigenvalue weighted by Crippen LogP contribution is 2.16. The zero-order chi connectivity index (χ0) is 13.0. The van der Waals surface area contributed by atoms with Gasteiger partial charge in [-0.05, 0) is 42.5 Å². The molecule has 0 N–H and O–H groups in total. The third-order valence-corrected chi connectivity index (χ3v) is 3.51. The first-order valence-corrected chi connectivity index (χ1v) is 6.75. The number of piperidine rings is 1. The number of amides is 1. The molecule has 1 aromatic rings. The fourth-order valence-electron chi connectivity index (χ4n) is 2.24. The predicted octanol–water partition coefficient (Wildman–Crippen LogP) is 3.61. The summed E-state index contributed by atoms with van der Waals surface area (Å²) >= 11 is 5.81. The van der Waals surface area contributed by atoms with Gasteiger partial charge in [-0.2, -0.15) is 0 Å². The molecule has 96 valence electrons. The Kier molecular flexibility index (Phi) is 4.43. The second-order valence-electron chi connectivity index (χ2n) is 4.92. The quantitative estimate of drug-likeness (QED) is 0.747. The van der Waals surface area contributed by atoms with Gasteiger partial charge < -0.3 is 4.90 Å². The lowest BCUT2D eigenvalue weighted by Crippen LogP contribution is -2.38. The van der Waals surface area contributed by atoms with Crippen LogP contribution in [-0.4, -0.2) is 23.9 Å². The maximum Gasteiger partial charge on any atom is 0.246 e. The highest BCUT2D eigenvalue weighted by atomic mass is 35.5. The van der Waals surface area contributed by atoms with Crippen molar-refractivity contribution in [3.05, 3.63) is 40.9 Å². The van der Waals surface area contributed by atoms with Crippen LogP contribution in [0.4, 0.5) is 0 Å². The van der Waals surface area contributed by atoms with E-state index in [-0.39, 0.29) is 5.91 Å². The van der Waals surface area contributed by atoms with Crippen LogP contribution in [0.5, 0.6) is 0 Å². The van der Waals surface area contributed by atoms with Gasteiger partial charge >= 0.3 is 0 Å².